The molecule has 0 aromatic heterocycles. The minimum Gasteiger partial charge on any atom is -0.306 e. The Kier molecular flexibility index (Phi) is 5.35. The number of benzene rings is 5. The van der Waals surface area contributed by atoms with E-state index in [1.807, 2.05) is 0 Å². The van der Waals surface area contributed by atoms with Gasteiger partial charge in [-0.2, -0.15) is 0 Å². The van der Waals surface area contributed by atoms with Gasteiger partial charge in [-0.25, -0.2) is 0 Å². The summed E-state index contributed by atoms with van der Waals surface area (Å²) in [6.45, 7) is 4.53. The van der Waals surface area contributed by atoms with Crippen molar-refractivity contribution >= 4 is 34.1 Å². The molecule has 1 aliphatic heterocycles. The lowest BCUT2D eigenvalue weighted by atomic mass is 9.97. The van der Waals surface area contributed by atoms with Crippen molar-refractivity contribution < 1.29 is 0 Å². The summed E-state index contributed by atoms with van der Waals surface area (Å²) in [6, 6.07) is 45.6. The maximum atomic E-state index is 2.43. The average molecular weight is 453 g/mol. The van der Waals surface area contributed by atoms with Gasteiger partial charge in [0.15, 0.2) is 0 Å². The van der Waals surface area contributed by atoms with Crippen molar-refractivity contribution in [1.29, 1.82) is 0 Å². The zero-order valence-electron chi connectivity index (χ0n) is 20.1. The number of hydrogen-bond acceptors (Lipinski definition) is 2. The van der Waals surface area contributed by atoms with Crippen LogP contribution in [0.25, 0.3) is 11.1 Å². The van der Waals surface area contributed by atoms with Crippen molar-refractivity contribution in [2.24, 2.45) is 0 Å². The summed E-state index contributed by atoms with van der Waals surface area (Å²) in [5.74, 6) is 0.419. The molecule has 0 N–H and O–H groups in total. The largest absolute Gasteiger partial charge is 0.306 e. The van der Waals surface area contributed by atoms with Crippen LogP contribution < -0.4 is 9.80 Å². The fraction of sp³-hybridized carbons (Fsp3) is 0.0909. The van der Waals surface area contributed by atoms with E-state index in [2.05, 4.69) is 151 Å². The predicted octanol–water partition coefficient (Wildman–Crippen LogP) is 9.73. The zero-order chi connectivity index (χ0) is 23.8. The second-order valence-electron chi connectivity index (χ2n) is 9.24. The number of hydrogen-bond donors (Lipinski definition) is 0. The van der Waals surface area contributed by atoms with Crippen LogP contribution in [-0.2, 0) is 0 Å². The molecule has 0 atom stereocenters. The van der Waals surface area contributed by atoms with Crippen molar-refractivity contribution in [3.63, 3.8) is 0 Å². The molecule has 0 radical (unpaired) electrons. The van der Waals surface area contributed by atoms with Crippen LogP contribution in [0.15, 0.2) is 127 Å². The summed E-state index contributed by atoms with van der Waals surface area (Å²) in [5, 5.41) is 0. The molecule has 5 aromatic carbocycles. The van der Waals surface area contributed by atoms with E-state index in [1.54, 1.807) is 0 Å². The van der Waals surface area contributed by atoms with Crippen LogP contribution in [0.2, 0.25) is 0 Å². The number of para-hydroxylation sites is 6. The van der Waals surface area contributed by atoms with E-state index in [4.69, 9.17) is 0 Å². The number of anilines is 6. The Balaban J connectivity index is 1.63. The van der Waals surface area contributed by atoms with Gasteiger partial charge in [0.1, 0.15) is 0 Å². The molecule has 0 unspecified atom stereocenters. The molecule has 35 heavy (non-hydrogen) atoms. The summed E-state index contributed by atoms with van der Waals surface area (Å²) < 4.78 is 0. The van der Waals surface area contributed by atoms with E-state index in [0.717, 1.165) is 0 Å². The SMILES string of the molecule is CC(C)c1ccccc1N1c2ccccc2N(c2ccccc2-c2ccccc2)c2ccccc21. The quantitative estimate of drug-likeness (QED) is 0.263. The molecule has 0 bridgehead atoms. The van der Waals surface area contributed by atoms with Crippen LogP contribution in [0, 0.1) is 0 Å². The van der Waals surface area contributed by atoms with Crippen LogP contribution in [0.3, 0.4) is 0 Å². The van der Waals surface area contributed by atoms with Gasteiger partial charge in [0.2, 0.25) is 0 Å². The monoisotopic (exact) mass is 452 g/mol. The van der Waals surface area contributed by atoms with Crippen LogP contribution in [0.5, 0.6) is 0 Å². The third-order valence-corrected chi connectivity index (χ3v) is 6.76. The van der Waals surface area contributed by atoms with Gasteiger partial charge in [-0.05, 0) is 53.4 Å². The summed E-state index contributed by atoms with van der Waals surface area (Å²) in [6.07, 6.45) is 0. The maximum Gasteiger partial charge on any atom is 0.0703 e. The first-order valence-electron chi connectivity index (χ1n) is 12.3. The molecule has 0 fully saturated rings. The standard InChI is InChI=1S/C33H28N2/c1-24(2)26-16-6-8-18-28(26)34-30-20-10-12-22-32(30)35(33-23-13-11-21-31(33)34)29-19-9-7-17-27(29)25-14-4-3-5-15-25/h3-24H,1-2H3. The third-order valence-electron chi connectivity index (χ3n) is 6.76. The minimum atomic E-state index is 0.419. The highest BCUT2D eigenvalue weighted by Crippen LogP contribution is 2.55. The van der Waals surface area contributed by atoms with Crippen molar-refractivity contribution in [3.05, 3.63) is 133 Å². The Labute approximate surface area is 207 Å². The number of nitrogens with zero attached hydrogens (tertiary/aromatic N) is 2. The first kappa shape index (κ1) is 21.2. The van der Waals surface area contributed by atoms with E-state index in [1.165, 1.54) is 50.8 Å². The molecular weight excluding hydrogens is 424 g/mol. The Morgan fingerprint density at radius 2 is 0.800 bits per heavy atom. The molecule has 2 nitrogen and oxygen atoms in total. The second kappa shape index (κ2) is 8.81. The normalized spacial score (nSPS) is 12.4. The van der Waals surface area contributed by atoms with Crippen molar-refractivity contribution in [1.82, 2.24) is 0 Å². The molecule has 0 spiro atoms. The van der Waals surface area contributed by atoms with Gasteiger partial charge in [0.05, 0.1) is 28.4 Å². The first-order valence-corrected chi connectivity index (χ1v) is 12.3. The second-order valence-corrected chi connectivity index (χ2v) is 9.24. The van der Waals surface area contributed by atoms with Crippen LogP contribution >= 0.6 is 0 Å². The average Bonchev–Trinajstić information content (AvgIpc) is 2.92. The van der Waals surface area contributed by atoms with E-state index in [-0.39, 0.29) is 0 Å². The highest BCUT2D eigenvalue weighted by molar-refractivity contribution is 6.03. The van der Waals surface area contributed by atoms with Gasteiger partial charge in [-0.1, -0.05) is 105 Å². The molecule has 6 rings (SSSR count). The lowest BCUT2D eigenvalue weighted by Gasteiger charge is -2.41. The molecule has 0 saturated heterocycles. The molecule has 5 aromatic rings. The van der Waals surface area contributed by atoms with E-state index in [9.17, 15) is 0 Å². The summed E-state index contributed by atoms with van der Waals surface area (Å²) >= 11 is 0. The van der Waals surface area contributed by atoms with Gasteiger partial charge in [-0.15, -0.1) is 0 Å². The summed E-state index contributed by atoms with van der Waals surface area (Å²) in [4.78, 5) is 4.85. The van der Waals surface area contributed by atoms with Crippen LogP contribution in [0.1, 0.15) is 25.3 Å². The molecular formula is C33H28N2. The Bertz CT molecular complexity index is 1440. The zero-order valence-corrected chi connectivity index (χ0v) is 20.1. The number of rotatable bonds is 4. The number of fused-ring (bicyclic) bond motifs is 2. The van der Waals surface area contributed by atoms with Gasteiger partial charge < -0.3 is 9.80 Å². The fourth-order valence-corrected chi connectivity index (χ4v) is 5.17. The van der Waals surface area contributed by atoms with Crippen molar-refractivity contribution in [3.8, 4) is 11.1 Å². The summed E-state index contributed by atoms with van der Waals surface area (Å²) in [7, 11) is 0. The topological polar surface area (TPSA) is 6.48 Å². The molecule has 2 heteroatoms. The molecule has 0 aliphatic carbocycles. The first-order chi connectivity index (χ1) is 17.2. The third kappa shape index (κ3) is 3.59. The smallest absolute Gasteiger partial charge is 0.0703 e. The van der Waals surface area contributed by atoms with Crippen LogP contribution in [0.4, 0.5) is 34.1 Å². The predicted molar refractivity (Wildman–Crippen MR) is 149 cm³/mol. The molecule has 0 saturated carbocycles. The summed E-state index contributed by atoms with van der Waals surface area (Å²) in [5.41, 5.74) is 10.9. The fourth-order valence-electron chi connectivity index (χ4n) is 5.17. The Morgan fingerprint density at radius 1 is 0.400 bits per heavy atom. The molecule has 1 aliphatic rings. The van der Waals surface area contributed by atoms with Gasteiger partial charge in [-0.3, -0.25) is 0 Å². The minimum absolute atomic E-state index is 0.419. The molecule has 1 heterocycles. The van der Waals surface area contributed by atoms with Gasteiger partial charge in [0.25, 0.3) is 0 Å². The molecule has 170 valence electrons. The lowest BCUT2D eigenvalue weighted by Crippen LogP contribution is -2.25. The van der Waals surface area contributed by atoms with E-state index in [0.29, 0.717) is 5.92 Å². The van der Waals surface area contributed by atoms with Gasteiger partial charge >= 0.3 is 0 Å². The van der Waals surface area contributed by atoms with E-state index >= 15 is 0 Å². The highest BCUT2D eigenvalue weighted by Gasteiger charge is 2.32. The lowest BCUT2D eigenvalue weighted by molar-refractivity contribution is 0.864. The Morgan fingerprint density at radius 3 is 1.34 bits per heavy atom. The van der Waals surface area contributed by atoms with Crippen molar-refractivity contribution in [2.75, 3.05) is 9.80 Å². The molecule has 0 amide bonds. The van der Waals surface area contributed by atoms with Gasteiger partial charge in [0, 0.05) is 11.3 Å². The van der Waals surface area contributed by atoms with Crippen LogP contribution in [-0.4, -0.2) is 0 Å². The van der Waals surface area contributed by atoms with Crippen molar-refractivity contribution in [2.45, 2.75) is 19.8 Å². The Hall–Kier alpha value is -4.30. The van der Waals surface area contributed by atoms with E-state index < -0.39 is 0 Å². The highest BCUT2D eigenvalue weighted by atomic mass is 15.3. The maximum absolute atomic E-state index is 2.43.